The van der Waals surface area contributed by atoms with Gasteiger partial charge in [-0.25, -0.2) is 4.79 Å². The first-order valence-corrected chi connectivity index (χ1v) is 10.3. The zero-order valence-corrected chi connectivity index (χ0v) is 17.1. The lowest BCUT2D eigenvalue weighted by atomic mass is 9.90. The van der Waals surface area contributed by atoms with E-state index in [-0.39, 0.29) is 11.8 Å². The third-order valence-electron chi connectivity index (χ3n) is 5.79. The predicted molar refractivity (Wildman–Crippen MR) is 109 cm³/mol. The fourth-order valence-corrected chi connectivity index (χ4v) is 4.27. The van der Waals surface area contributed by atoms with Crippen molar-refractivity contribution in [3.63, 3.8) is 0 Å². The Morgan fingerprint density at radius 3 is 2.46 bits per heavy atom. The first-order chi connectivity index (χ1) is 13.5. The zero-order chi connectivity index (χ0) is 20.1. The lowest BCUT2D eigenvalue weighted by Gasteiger charge is -2.28. The van der Waals surface area contributed by atoms with Crippen molar-refractivity contribution in [2.75, 3.05) is 26.2 Å². The molecule has 0 aliphatic carbocycles. The van der Waals surface area contributed by atoms with Crippen molar-refractivity contribution in [1.82, 2.24) is 4.98 Å². The van der Waals surface area contributed by atoms with E-state index in [1.54, 1.807) is 6.92 Å². The van der Waals surface area contributed by atoms with Gasteiger partial charge in [0.2, 0.25) is 5.78 Å². The van der Waals surface area contributed by atoms with Crippen molar-refractivity contribution in [3.8, 4) is 0 Å². The van der Waals surface area contributed by atoms with Crippen LogP contribution in [0.4, 0.5) is 0 Å². The highest BCUT2D eigenvalue weighted by atomic mass is 16.5. The van der Waals surface area contributed by atoms with E-state index >= 15 is 0 Å². The minimum Gasteiger partial charge on any atom is -0.462 e. The SMILES string of the molecule is CCOC(=O)c1c(C)[nH]c(C(=O)C[NH+]2CCC(Cc3ccccc3)CC2)c1C. The van der Waals surface area contributed by atoms with Crippen molar-refractivity contribution in [1.29, 1.82) is 0 Å². The van der Waals surface area contributed by atoms with E-state index in [0.717, 1.165) is 32.4 Å². The number of likely N-dealkylation sites (tertiary alicyclic amines) is 1. The molecule has 1 fully saturated rings. The van der Waals surface area contributed by atoms with Crippen LogP contribution in [0.3, 0.4) is 0 Å². The van der Waals surface area contributed by atoms with E-state index in [2.05, 4.69) is 35.3 Å². The quantitative estimate of drug-likeness (QED) is 0.570. The van der Waals surface area contributed by atoms with E-state index in [1.807, 2.05) is 13.8 Å². The van der Waals surface area contributed by atoms with E-state index in [9.17, 15) is 9.59 Å². The van der Waals surface area contributed by atoms with Crippen LogP contribution >= 0.6 is 0 Å². The summed E-state index contributed by atoms with van der Waals surface area (Å²) in [7, 11) is 0. The van der Waals surface area contributed by atoms with Gasteiger partial charge in [-0.3, -0.25) is 4.79 Å². The number of aryl methyl sites for hydroxylation is 1. The molecular formula is C23H31N2O3+. The van der Waals surface area contributed by atoms with Crippen LogP contribution < -0.4 is 4.90 Å². The molecule has 0 saturated carbocycles. The highest BCUT2D eigenvalue weighted by Crippen LogP contribution is 2.20. The van der Waals surface area contributed by atoms with Crippen LogP contribution in [0.15, 0.2) is 30.3 Å². The number of hydrogen-bond acceptors (Lipinski definition) is 3. The number of ketones is 1. The molecule has 0 spiro atoms. The Labute approximate surface area is 167 Å². The Bertz CT molecular complexity index is 818. The molecule has 1 aromatic heterocycles. The molecule has 5 nitrogen and oxygen atoms in total. The Hall–Kier alpha value is -2.40. The number of esters is 1. The number of aromatic amines is 1. The third kappa shape index (κ3) is 4.71. The number of benzene rings is 1. The van der Waals surface area contributed by atoms with Gasteiger partial charge in [0, 0.05) is 5.69 Å². The molecule has 1 aromatic carbocycles. The maximum absolute atomic E-state index is 12.8. The Balaban J connectivity index is 1.56. The number of Topliss-reactive ketones (excluding diaryl/α,β-unsaturated/α-hetero) is 1. The van der Waals surface area contributed by atoms with Crippen LogP contribution in [0.25, 0.3) is 0 Å². The zero-order valence-electron chi connectivity index (χ0n) is 17.1. The monoisotopic (exact) mass is 383 g/mol. The average molecular weight is 384 g/mol. The lowest BCUT2D eigenvalue weighted by Crippen LogP contribution is -3.14. The van der Waals surface area contributed by atoms with Crippen molar-refractivity contribution < 1.29 is 19.2 Å². The van der Waals surface area contributed by atoms with Gasteiger partial charge in [0.15, 0.2) is 0 Å². The molecule has 5 heteroatoms. The minimum atomic E-state index is -0.359. The molecular weight excluding hydrogens is 352 g/mol. The number of rotatable bonds is 7. The maximum Gasteiger partial charge on any atom is 0.340 e. The number of quaternary nitrogens is 1. The number of aromatic nitrogens is 1. The van der Waals surface area contributed by atoms with Crippen molar-refractivity contribution in [3.05, 3.63) is 58.4 Å². The highest BCUT2D eigenvalue weighted by molar-refractivity contribution is 6.01. The van der Waals surface area contributed by atoms with Gasteiger partial charge < -0.3 is 14.6 Å². The Kier molecular flexibility index (Phi) is 6.68. The molecule has 0 atom stereocenters. The highest BCUT2D eigenvalue weighted by Gasteiger charge is 2.28. The topological polar surface area (TPSA) is 63.6 Å². The maximum atomic E-state index is 12.8. The summed E-state index contributed by atoms with van der Waals surface area (Å²) in [5.74, 6) is 0.417. The summed E-state index contributed by atoms with van der Waals surface area (Å²) >= 11 is 0. The number of piperidine rings is 1. The van der Waals surface area contributed by atoms with Gasteiger partial charge in [-0.2, -0.15) is 0 Å². The number of carbonyl (C=O) groups is 2. The molecule has 0 bridgehead atoms. The molecule has 28 heavy (non-hydrogen) atoms. The van der Waals surface area contributed by atoms with Gasteiger partial charge in [0.25, 0.3) is 0 Å². The largest absolute Gasteiger partial charge is 0.462 e. The van der Waals surface area contributed by atoms with Crippen molar-refractivity contribution in [2.45, 2.75) is 40.0 Å². The molecule has 1 aliphatic rings. The van der Waals surface area contributed by atoms with Crippen LogP contribution in [-0.4, -0.2) is 43.0 Å². The second-order valence-corrected chi connectivity index (χ2v) is 7.83. The molecule has 1 saturated heterocycles. The molecule has 1 aliphatic heterocycles. The van der Waals surface area contributed by atoms with Crippen LogP contribution in [-0.2, 0) is 11.2 Å². The number of ether oxygens (including phenoxy) is 1. The normalized spacial score (nSPS) is 19.4. The smallest absolute Gasteiger partial charge is 0.340 e. The van der Waals surface area contributed by atoms with E-state index in [4.69, 9.17) is 4.74 Å². The molecule has 0 amide bonds. The Morgan fingerprint density at radius 1 is 1.14 bits per heavy atom. The summed E-state index contributed by atoms with van der Waals surface area (Å²) in [4.78, 5) is 29.4. The molecule has 0 unspecified atom stereocenters. The standard InChI is InChI=1S/C23H30N2O3/c1-4-28-23(27)21-16(2)22(24-17(21)3)20(26)15-25-12-10-19(11-13-25)14-18-8-6-5-7-9-18/h5-9,19,24H,4,10-15H2,1-3H3/p+1. The lowest BCUT2D eigenvalue weighted by molar-refractivity contribution is -0.897. The van der Waals surface area contributed by atoms with Gasteiger partial charge in [0.1, 0.15) is 6.54 Å². The van der Waals surface area contributed by atoms with Gasteiger partial charge in [-0.05, 0) is 57.1 Å². The Morgan fingerprint density at radius 2 is 1.82 bits per heavy atom. The number of H-pyrrole nitrogens is 1. The van der Waals surface area contributed by atoms with Crippen LogP contribution in [0.2, 0.25) is 0 Å². The fourth-order valence-electron chi connectivity index (χ4n) is 4.27. The van der Waals surface area contributed by atoms with Crippen LogP contribution in [0.1, 0.15) is 57.4 Å². The molecule has 2 N–H and O–H groups in total. The molecule has 2 aromatic rings. The number of nitrogens with one attached hydrogen (secondary N) is 2. The average Bonchev–Trinajstić information content (AvgIpc) is 2.99. The third-order valence-corrected chi connectivity index (χ3v) is 5.79. The van der Waals surface area contributed by atoms with Gasteiger partial charge >= 0.3 is 5.97 Å². The molecule has 0 radical (unpaired) electrons. The summed E-state index contributed by atoms with van der Waals surface area (Å²) < 4.78 is 5.12. The number of carbonyl (C=O) groups excluding carboxylic acids is 2. The van der Waals surface area contributed by atoms with Crippen molar-refractivity contribution >= 4 is 11.8 Å². The second-order valence-electron chi connectivity index (χ2n) is 7.83. The van der Waals surface area contributed by atoms with E-state index in [0.29, 0.717) is 41.6 Å². The summed E-state index contributed by atoms with van der Waals surface area (Å²) in [5.41, 5.74) is 3.87. The minimum absolute atomic E-state index is 0.0765. The molecule has 150 valence electrons. The van der Waals surface area contributed by atoms with Crippen LogP contribution in [0.5, 0.6) is 0 Å². The fraction of sp³-hybridized carbons (Fsp3) is 0.478. The first kappa shape index (κ1) is 20.3. The number of hydrogen-bond donors (Lipinski definition) is 2. The van der Waals surface area contributed by atoms with E-state index in [1.165, 1.54) is 10.5 Å². The summed E-state index contributed by atoms with van der Waals surface area (Å²) in [5, 5.41) is 0. The summed E-state index contributed by atoms with van der Waals surface area (Å²) in [6, 6.07) is 10.6. The van der Waals surface area contributed by atoms with Gasteiger partial charge in [-0.15, -0.1) is 0 Å². The van der Waals surface area contributed by atoms with Crippen molar-refractivity contribution in [2.24, 2.45) is 5.92 Å². The van der Waals surface area contributed by atoms with Gasteiger partial charge in [-0.1, -0.05) is 30.3 Å². The van der Waals surface area contributed by atoms with Crippen LogP contribution in [0, 0.1) is 19.8 Å². The second kappa shape index (κ2) is 9.20. The summed E-state index contributed by atoms with van der Waals surface area (Å²) in [6.45, 7) is 8.27. The molecule has 3 rings (SSSR count). The van der Waals surface area contributed by atoms with Gasteiger partial charge in [0.05, 0.1) is 31.0 Å². The predicted octanol–water partition coefficient (Wildman–Crippen LogP) is 2.53. The van der Waals surface area contributed by atoms with E-state index < -0.39 is 0 Å². The summed E-state index contributed by atoms with van der Waals surface area (Å²) in [6.07, 6.45) is 3.42. The molecule has 2 heterocycles. The first-order valence-electron chi connectivity index (χ1n) is 10.3.